The third-order valence-corrected chi connectivity index (χ3v) is 4.94. The van der Waals surface area contributed by atoms with Crippen molar-refractivity contribution in [2.24, 2.45) is 0 Å². The number of methoxy groups -OCH3 is 1. The summed E-state index contributed by atoms with van der Waals surface area (Å²) in [5.41, 5.74) is 3.42. The third kappa shape index (κ3) is 3.71. The van der Waals surface area contributed by atoms with E-state index in [0.29, 0.717) is 17.1 Å². The van der Waals surface area contributed by atoms with E-state index in [1.807, 2.05) is 25.1 Å². The van der Waals surface area contributed by atoms with Crippen molar-refractivity contribution in [2.45, 2.75) is 25.8 Å². The Bertz CT molecular complexity index is 986. The van der Waals surface area contributed by atoms with Crippen LogP contribution >= 0.6 is 0 Å². The molecule has 3 aromatic rings. The van der Waals surface area contributed by atoms with Crippen molar-refractivity contribution < 1.29 is 18.7 Å². The molecule has 0 bridgehead atoms. The molecule has 1 amide bonds. The van der Waals surface area contributed by atoms with Crippen LogP contribution in [-0.2, 0) is 11.3 Å². The number of aromatic amines is 1. The molecule has 1 N–H and O–H groups in total. The summed E-state index contributed by atoms with van der Waals surface area (Å²) in [5.74, 6) is 1.10. The Labute approximate surface area is 162 Å². The number of nitrogens with one attached hydrogen (secondary N) is 1. The number of ether oxygens (including phenoxy) is 2. The van der Waals surface area contributed by atoms with E-state index in [0.717, 1.165) is 16.6 Å². The molecule has 4 rings (SSSR count). The Balaban J connectivity index is 1.38. The number of H-pyrrole nitrogens is 1. The summed E-state index contributed by atoms with van der Waals surface area (Å²) in [6.45, 7) is 2.42. The molecule has 2 heterocycles. The zero-order valence-corrected chi connectivity index (χ0v) is 15.8. The Kier molecular flexibility index (Phi) is 5.00. The maximum atomic E-state index is 14.4. The summed E-state index contributed by atoms with van der Waals surface area (Å²) in [6.07, 6.45) is -1.90. The number of aryl methyl sites for hydroxylation is 1. The standard InChI is InChI=1S/C21H22FN3O3/c1-13-3-8-17-18(9-13)24-20(23-17)12-28-19-11-25(10-16(19)22)21(26)14-4-6-15(27-2)7-5-14/h3-9,16,19H,10-12H2,1-2H3,(H,23,24). The van der Waals surface area contributed by atoms with Gasteiger partial charge in [-0.25, -0.2) is 9.37 Å². The van der Waals surface area contributed by atoms with Gasteiger partial charge in [-0.1, -0.05) is 6.07 Å². The monoisotopic (exact) mass is 383 g/mol. The molecule has 0 aliphatic carbocycles. The number of fused-ring (bicyclic) bond motifs is 1. The van der Waals surface area contributed by atoms with E-state index in [2.05, 4.69) is 9.97 Å². The number of hydrogen-bond acceptors (Lipinski definition) is 4. The van der Waals surface area contributed by atoms with E-state index in [1.54, 1.807) is 31.4 Å². The number of imidazole rings is 1. The number of hydrogen-bond donors (Lipinski definition) is 1. The first kappa shape index (κ1) is 18.4. The van der Waals surface area contributed by atoms with Crippen molar-refractivity contribution in [3.63, 3.8) is 0 Å². The highest BCUT2D eigenvalue weighted by Gasteiger charge is 2.36. The van der Waals surface area contributed by atoms with Crippen LogP contribution in [0.3, 0.4) is 0 Å². The van der Waals surface area contributed by atoms with Crippen LogP contribution in [-0.4, -0.2) is 53.2 Å². The Hall–Kier alpha value is -2.93. The fourth-order valence-electron chi connectivity index (χ4n) is 3.40. The average molecular weight is 383 g/mol. The van der Waals surface area contributed by atoms with E-state index in [-0.39, 0.29) is 25.6 Å². The van der Waals surface area contributed by atoms with E-state index in [9.17, 15) is 9.18 Å². The van der Waals surface area contributed by atoms with Crippen LogP contribution in [0.15, 0.2) is 42.5 Å². The second-order valence-corrected chi connectivity index (χ2v) is 7.01. The summed E-state index contributed by atoms with van der Waals surface area (Å²) >= 11 is 0. The quantitative estimate of drug-likeness (QED) is 0.734. The van der Waals surface area contributed by atoms with Crippen LogP contribution in [0.1, 0.15) is 21.7 Å². The van der Waals surface area contributed by atoms with E-state index >= 15 is 0 Å². The van der Waals surface area contributed by atoms with Crippen molar-refractivity contribution in [3.8, 4) is 5.75 Å². The van der Waals surface area contributed by atoms with Gasteiger partial charge in [0, 0.05) is 5.56 Å². The maximum Gasteiger partial charge on any atom is 0.254 e. The molecule has 7 heteroatoms. The van der Waals surface area contributed by atoms with Gasteiger partial charge in [-0.15, -0.1) is 0 Å². The lowest BCUT2D eigenvalue weighted by Gasteiger charge is -2.16. The largest absolute Gasteiger partial charge is 0.497 e. The topological polar surface area (TPSA) is 67.4 Å². The van der Waals surface area contributed by atoms with Crippen molar-refractivity contribution in [1.82, 2.24) is 14.9 Å². The lowest BCUT2D eigenvalue weighted by Crippen LogP contribution is -2.30. The average Bonchev–Trinajstić information content (AvgIpc) is 3.28. The molecule has 1 aliphatic heterocycles. The fourth-order valence-corrected chi connectivity index (χ4v) is 3.40. The molecular formula is C21H22FN3O3. The molecule has 2 unspecified atom stereocenters. The Morgan fingerprint density at radius 2 is 2.04 bits per heavy atom. The molecule has 1 aliphatic rings. The number of rotatable bonds is 5. The van der Waals surface area contributed by atoms with Gasteiger partial charge in [0.1, 0.15) is 30.5 Å². The van der Waals surface area contributed by atoms with Gasteiger partial charge in [0.2, 0.25) is 0 Å². The summed E-state index contributed by atoms with van der Waals surface area (Å²) in [5, 5.41) is 0. The minimum atomic E-state index is -1.23. The van der Waals surface area contributed by atoms with Gasteiger partial charge < -0.3 is 19.4 Å². The number of aromatic nitrogens is 2. The highest BCUT2D eigenvalue weighted by atomic mass is 19.1. The molecule has 6 nitrogen and oxygen atoms in total. The van der Waals surface area contributed by atoms with Gasteiger partial charge >= 0.3 is 0 Å². The zero-order valence-electron chi connectivity index (χ0n) is 15.8. The van der Waals surface area contributed by atoms with E-state index in [1.165, 1.54) is 4.90 Å². The highest BCUT2D eigenvalue weighted by Crippen LogP contribution is 2.22. The lowest BCUT2D eigenvalue weighted by molar-refractivity contribution is 0.00887. The second-order valence-electron chi connectivity index (χ2n) is 7.01. The molecule has 146 valence electrons. The first-order chi connectivity index (χ1) is 13.5. The molecule has 0 radical (unpaired) electrons. The van der Waals surface area contributed by atoms with Gasteiger partial charge in [-0.05, 0) is 48.9 Å². The summed E-state index contributed by atoms with van der Waals surface area (Å²) in [6, 6.07) is 12.7. The summed E-state index contributed by atoms with van der Waals surface area (Å²) in [4.78, 5) is 21.7. The van der Waals surface area contributed by atoms with Gasteiger partial charge in [0.15, 0.2) is 0 Å². The summed E-state index contributed by atoms with van der Waals surface area (Å²) in [7, 11) is 1.57. The van der Waals surface area contributed by atoms with Crippen LogP contribution < -0.4 is 4.74 Å². The van der Waals surface area contributed by atoms with Crippen molar-refractivity contribution in [2.75, 3.05) is 20.2 Å². The highest BCUT2D eigenvalue weighted by molar-refractivity contribution is 5.94. The van der Waals surface area contributed by atoms with Gasteiger partial charge in [0.25, 0.3) is 5.91 Å². The Morgan fingerprint density at radius 1 is 1.25 bits per heavy atom. The molecule has 0 spiro atoms. The van der Waals surface area contributed by atoms with Crippen molar-refractivity contribution >= 4 is 16.9 Å². The molecule has 2 atom stereocenters. The number of carbonyl (C=O) groups excluding carboxylic acids is 1. The van der Waals surface area contributed by atoms with Gasteiger partial charge in [-0.2, -0.15) is 0 Å². The van der Waals surface area contributed by atoms with Gasteiger partial charge in [-0.3, -0.25) is 4.79 Å². The molecule has 1 aromatic heterocycles. The zero-order chi connectivity index (χ0) is 19.7. The predicted molar refractivity (Wildman–Crippen MR) is 103 cm³/mol. The minimum Gasteiger partial charge on any atom is -0.497 e. The number of amides is 1. The third-order valence-electron chi connectivity index (χ3n) is 4.94. The maximum absolute atomic E-state index is 14.4. The van der Waals surface area contributed by atoms with Crippen LogP contribution in [0.25, 0.3) is 11.0 Å². The summed E-state index contributed by atoms with van der Waals surface area (Å²) < 4.78 is 25.3. The number of benzene rings is 2. The van der Waals surface area contributed by atoms with Crippen LogP contribution in [0.2, 0.25) is 0 Å². The number of nitrogens with zero attached hydrogens (tertiary/aromatic N) is 2. The number of carbonyl (C=O) groups is 1. The van der Waals surface area contributed by atoms with Crippen LogP contribution in [0.5, 0.6) is 5.75 Å². The first-order valence-electron chi connectivity index (χ1n) is 9.18. The number of halogens is 1. The smallest absolute Gasteiger partial charge is 0.254 e. The molecule has 1 fully saturated rings. The minimum absolute atomic E-state index is 0.0227. The van der Waals surface area contributed by atoms with Crippen LogP contribution in [0, 0.1) is 6.92 Å². The molecule has 1 saturated heterocycles. The normalized spacial score (nSPS) is 19.3. The van der Waals surface area contributed by atoms with Gasteiger partial charge in [0.05, 0.1) is 31.2 Å². The fraction of sp³-hybridized carbons (Fsp3) is 0.333. The SMILES string of the molecule is COc1ccc(C(=O)N2CC(F)C(OCc3nc4ccc(C)cc4[nH]3)C2)cc1. The Morgan fingerprint density at radius 3 is 2.79 bits per heavy atom. The molecule has 2 aromatic carbocycles. The molecule has 28 heavy (non-hydrogen) atoms. The van der Waals surface area contributed by atoms with E-state index < -0.39 is 12.3 Å². The predicted octanol–water partition coefficient (Wildman–Crippen LogP) is 3.26. The van der Waals surface area contributed by atoms with E-state index in [4.69, 9.17) is 9.47 Å². The van der Waals surface area contributed by atoms with Crippen molar-refractivity contribution in [3.05, 3.63) is 59.4 Å². The first-order valence-corrected chi connectivity index (χ1v) is 9.18. The van der Waals surface area contributed by atoms with Crippen molar-refractivity contribution in [1.29, 1.82) is 0 Å². The molecular weight excluding hydrogens is 361 g/mol. The number of alkyl halides is 1. The molecule has 0 saturated carbocycles. The second kappa shape index (κ2) is 7.59. The lowest BCUT2D eigenvalue weighted by atomic mass is 10.2. The van der Waals surface area contributed by atoms with Crippen LogP contribution in [0.4, 0.5) is 4.39 Å². The number of likely N-dealkylation sites (tertiary alicyclic amines) is 1.